The lowest BCUT2D eigenvalue weighted by atomic mass is 10.1. The fraction of sp³-hybridized carbons (Fsp3) is 0.208. The number of aryl methyl sites for hydroxylation is 1. The van der Waals surface area contributed by atoms with Gasteiger partial charge in [-0.05, 0) is 48.9 Å². The number of carbonyl (C=O) groups excluding carboxylic acids is 1. The van der Waals surface area contributed by atoms with Gasteiger partial charge in [-0.15, -0.1) is 0 Å². The smallest absolute Gasteiger partial charge is 0.270 e. The average molecular weight is 459 g/mol. The molecule has 172 valence electrons. The highest BCUT2D eigenvalue weighted by atomic mass is 16.6. The molecule has 1 fully saturated rings. The van der Waals surface area contributed by atoms with E-state index in [2.05, 4.69) is 15.3 Å². The molecule has 0 spiro atoms. The maximum Gasteiger partial charge on any atom is 0.270 e. The lowest BCUT2D eigenvalue weighted by Crippen LogP contribution is -2.37. The molecule has 0 atom stereocenters. The Bertz CT molecular complexity index is 1360. The number of pyridine rings is 1. The molecule has 3 heterocycles. The Balaban J connectivity index is 1.43. The van der Waals surface area contributed by atoms with Crippen LogP contribution in [0.25, 0.3) is 22.7 Å². The van der Waals surface area contributed by atoms with Crippen LogP contribution >= 0.6 is 0 Å². The molecule has 34 heavy (non-hydrogen) atoms. The van der Waals surface area contributed by atoms with Gasteiger partial charge >= 0.3 is 0 Å². The van der Waals surface area contributed by atoms with Gasteiger partial charge in [-0.3, -0.25) is 14.9 Å². The number of anilines is 2. The van der Waals surface area contributed by atoms with Crippen molar-refractivity contribution >= 4 is 34.2 Å². The number of hydrogen-bond donors (Lipinski definition) is 1. The molecule has 0 bridgehead atoms. The fourth-order valence-electron chi connectivity index (χ4n) is 3.92. The van der Waals surface area contributed by atoms with Crippen molar-refractivity contribution < 1.29 is 18.9 Å². The number of hydrogen-bond acceptors (Lipinski definition) is 8. The zero-order valence-electron chi connectivity index (χ0n) is 18.4. The third-order valence-corrected chi connectivity index (χ3v) is 5.67. The summed E-state index contributed by atoms with van der Waals surface area (Å²) in [6, 6.07) is 13.3. The minimum absolute atomic E-state index is 0.140. The molecule has 4 aromatic rings. The monoisotopic (exact) mass is 459 g/mol. The molecule has 1 N–H and O–H groups in total. The molecular weight excluding hydrogens is 438 g/mol. The van der Waals surface area contributed by atoms with Crippen LogP contribution in [0.1, 0.15) is 15.9 Å². The first-order valence-corrected chi connectivity index (χ1v) is 10.7. The number of rotatable bonds is 5. The summed E-state index contributed by atoms with van der Waals surface area (Å²) in [5.74, 6) is 0.00932. The summed E-state index contributed by atoms with van der Waals surface area (Å²) in [7, 11) is 0. The van der Waals surface area contributed by atoms with Gasteiger partial charge in [0.1, 0.15) is 0 Å². The van der Waals surface area contributed by atoms with Gasteiger partial charge in [-0.1, -0.05) is 0 Å². The third-order valence-electron chi connectivity index (χ3n) is 5.67. The van der Waals surface area contributed by atoms with Crippen molar-refractivity contribution in [3.05, 3.63) is 76.0 Å². The summed E-state index contributed by atoms with van der Waals surface area (Å²) >= 11 is 0. The minimum Gasteiger partial charge on any atom is -0.434 e. The lowest BCUT2D eigenvalue weighted by molar-refractivity contribution is -0.384. The highest BCUT2D eigenvalue weighted by Crippen LogP contribution is 2.30. The summed E-state index contributed by atoms with van der Waals surface area (Å²) in [6.07, 6.45) is 1.65. The molecule has 1 aliphatic heterocycles. The van der Waals surface area contributed by atoms with E-state index in [0.29, 0.717) is 54.8 Å². The van der Waals surface area contributed by atoms with E-state index in [1.807, 2.05) is 17.9 Å². The van der Waals surface area contributed by atoms with Crippen molar-refractivity contribution in [1.29, 1.82) is 0 Å². The van der Waals surface area contributed by atoms with Gasteiger partial charge in [0.05, 0.1) is 29.4 Å². The molecule has 2 aromatic heterocycles. The van der Waals surface area contributed by atoms with Gasteiger partial charge in [-0.25, -0.2) is 4.98 Å². The van der Waals surface area contributed by atoms with E-state index in [0.717, 1.165) is 11.1 Å². The first kappa shape index (κ1) is 21.5. The Kier molecular flexibility index (Phi) is 5.64. The van der Waals surface area contributed by atoms with E-state index in [4.69, 9.17) is 9.15 Å². The summed E-state index contributed by atoms with van der Waals surface area (Å²) < 4.78 is 11.2. The molecule has 1 aliphatic rings. The molecule has 5 rings (SSSR count). The van der Waals surface area contributed by atoms with Crippen LogP contribution in [0.5, 0.6) is 0 Å². The standard InChI is InChI=1S/C24H21N5O5/c1-15-13-16(24-27-22-21(34-24)3-2-8-25-22)4-6-19(15)26-23(30)18-14-17(29(31)32)5-7-20(18)28-9-11-33-12-10-28/h2-8,13-14H,9-12H2,1H3,(H,26,30). The zero-order chi connectivity index (χ0) is 23.7. The topological polar surface area (TPSA) is 124 Å². The third kappa shape index (κ3) is 4.18. The lowest BCUT2D eigenvalue weighted by Gasteiger charge is -2.30. The molecule has 0 unspecified atom stereocenters. The maximum atomic E-state index is 13.2. The van der Waals surface area contributed by atoms with Crippen LogP contribution in [-0.2, 0) is 4.74 Å². The number of nitrogens with zero attached hydrogens (tertiary/aromatic N) is 4. The van der Waals surface area contributed by atoms with Gasteiger partial charge in [0.15, 0.2) is 11.2 Å². The molecule has 0 radical (unpaired) electrons. The number of ether oxygens (including phenoxy) is 1. The van der Waals surface area contributed by atoms with E-state index in [-0.39, 0.29) is 11.3 Å². The Hall–Kier alpha value is -4.31. The zero-order valence-corrected chi connectivity index (χ0v) is 18.4. The van der Waals surface area contributed by atoms with Crippen LogP contribution in [0.3, 0.4) is 0 Å². The summed E-state index contributed by atoms with van der Waals surface area (Å²) in [4.78, 5) is 34.7. The maximum absolute atomic E-state index is 13.2. The second-order valence-corrected chi connectivity index (χ2v) is 7.89. The number of carbonyl (C=O) groups is 1. The van der Waals surface area contributed by atoms with Crippen molar-refractivity contribution in [2.45, 2.75) is 6.92 Å². The predicted molar refractivity (Wildman–Crippen MR) is 126 cm³/mol. The highest BCUT2D eigenvalue weighted by Gasteiger charge is 2.22. The summed E-state index contributed by atoms with van der Waals surface area (Å²) in [5, 5.41) is 14.2. The van der Waals surface area contributed by atoms with Crippen molar-refractivity contribution in [3.8, 4) is 11.5 Å². The molecule has 0 aliphatic carbocycles. The van der Waals surface area contributed by atoms with E-state index in [1.165, 1.54) is 12.1 Å². The molecule has 10 heteroatoms. The molecule has 2 aromatic carbocycles. The van der Waals surface area contributed by atoms with Crippen molar-refractivity contribution in [2.24, 2.45) is 0 Å². The van der Waals surface area contributed by atoms with Gasteiger partial charge < -0.3 is 19.4 Å². The van der Waals surface area contributed by atoms with E-state index in [9.17, 15) is 14.9 Å². The molecule has 1 saturated heterocycles. The number of non-ortho nitro benzene ring substituents is 1. The SMILES string of the molecule is Cc1cc(-c2nc3ncccc3o2)ccc1NC(=O)c1cc([N+](=O)[O-])ccc1N1CCOCC1. The van der Waals surface area contributed by atoms with Gasteiger partial charge in [0.25, 0.3) is 11.6 Å². The molecule has 1 amide bonds. The number of nitro groups is 1. The van der Waals surface area contributed by atoms with E-state index in [1.54, 1.807) is 36.5 Å². The summed E-state index contributed by atoms with van der Waals surface area (Å²) in [5.41, 5.74) is 3.98. The van der Waals surface area contributed by atoms with E-state index < -0.39 is 10.8 Å². The van der Waals surface area contributed by atoms with Crippen LogP contribution in [-0.4, -0.2) is 47.1 Å². The molecule has 0 saturated carbocycles. The normalized spacial score (nSPS) is 13.7. The number of benzene rings is 2. The number of aromatic nitrogens is 2. The Morgan fingerprint density at radius 1 is 1.15 bits per heavy atom. The van der Waals surface area contributed by atoms with Crippen LogP contribution in [0.15, 0.2) is 59.1 Å². The first-order chi connectivity index (χ1) is 16.5. The molecule has 10 nitrogen and oxygen atoms in total. The first-order valence-electron chi connectivity index (χ1n) is 10.7. The Labute approximate surface area is 194 Å². The van der Waals surface area contributed by atoms with Crippen LogP contribution in [0.4, 0.5) is 17.1 Å². The minimum atomic E-state index is -0.505. The summed E-state index contributed by atoms with van der Waals surface area (Å²) in [6.45, 7) is 4.13. The Morgan fingerprint density at radius 2 is 1.97 bits per heavy atom. The van der Waals surface area contributed by atoms with Crippen LogP contribution < -0.4 is 10.2 Å². The Morgan fingerprint density at radius 3 is 2.71 bits per heavy atom. The van der Waals surface area contributed by atoms with Crippen molar-refractivity contribution in [3.63, 3.8) is 0 Å². The van der Waals surface area contributed by atoms with Crippen LogP contribution in [0, 0.1) is 17.0 Å². The van der Waals surface area contributed by atoms with Gasteiger partial charge in [0.2, 0.25) is 5.89 Å². The number of oxazole rings is 1. The predicted octanol–water partition coefficient (Wildman–Crippen LogP) is 4.20. The highest BCUT2D eigenvalue weighted by molar-refractivity contribution is 6.09. The van der Waals surface area contributed by atoms with E-state index >= 15 is 0 Å². The van der Waals surface area contributed by atoms with Crippen molar-refractivity contribution in [2.75, 3.05) is 36.5 Å². The quantitative estimate of drug-likeness (QED) is 0.348. The number of amides is 1. The number of fused-ring (bicyclic) bond motifs is 1. The molecular formula is C24H21N5O5. The number of nitrogens with one attached hydrogen (secondary N) is 1. The number of morpholine rings is 1. The second kappa shape index (κ2) is 8.91. The van der Waals surface area contributed by atoms with Crippen LogP contribution in [0.2, 0.25) is 0 Å². The fourth-order valence-corrected chi connectivity index (χ4v) is 3.92. The van der Waals surface area contributed by atoms with Gasteiger partial charge in [-0.2, -0.15) is 4.98 Å². The largest absolute Gasteiger partial charge is 0.434 e. The average Bonchev–Trinajstić information content (AvgIpc) is 3.30. The van der Waals surface area contributed by atoms with Crippen molar-refractivity contribution in [1.82, 2.24) is 9.97 Å². The van der Waals surface area contributed by atoms with Gasteiger partial charge in [0, 0.05) is 42.7 Å². The number of nitro benzene ring substituents is 1. The second-order valence-electron chi connectivity index (χ2n) is 7.89.